The van der Waals surface area contributed by atoms with Crippen LogP contribution < -0.4 is 10.6 Å². The summed E-state index contributed by atoms with van der Waals surface area (Å²) in [5.74, 6) is 0.0219. The minimum Gasteiger partial charge on any atom is -0.507 e. The topological polar surface area (TPSA) is 96.3 Å². The van der Waals surface area contributed by atoms with E-state index in [1.807, 2.05) is 51.1 Å². The molecule has 1 aliphatic rings. The molecule has 0 bridgehead atoms. The molecule has 0 spiro atoms. The number of aryl methyl sites for hydroxylation is 1. The second kappa shape index (κ2) is 10.1. The fraction of sp³-hybridized carbons (Fsp3) is 0.370. The van der Waals surface area contributed by atoms with Crippen LogP contribution in [0.4, 0.5) is 10.5 Å². The van der Waals surface area contributed by atoms with Crippen molar-refractivity contribution in [3.8, 4) is 17.0 Å². The Morgan fingerprint density at radius 3 is 2.56 bits per heavy atom. The standard InChI is InChI=1S/C27H32N4O3/c1-17(2)26(33)29-21-12-13-25(32)22(14-21)23-15-24(19-9-6-7-10-19)31(30-23)27(34)28-16-20-11-5-4-8-18(20)3/h4-5,8,11-15,17,19,32H,6-7,9-10,16H2,1-3H3,(H,28,34)(H,29,33). The average Bonchev–Trinajstić information content (AvgIpc) is 3.49. The van der Waals surface area contributed by atoms with Gasteiger partial charge in [0.25, 0.3) is 0 Å². The van der Waals surface area contributed by atoms with Gasteiger partial charge in [-0.3, -0.25) is 4.79 Å². The quantitative estimate of drug-likeness (QED) is 0.419. The number of aromatic nitrogens is 2. The molecule has 1 saturated carbocycles. The number of phenols is 1. The van der Waals surface area contributed by atoms with E-state index in [-0.39, 0.29) is 29.5 Å². The zero-order chi connectivity index (χ0) is 24.2. The number of anilines is 1. The molecule has 3 N–H and O–H groups in total. The van der Waals surface area contributed by atoms with Gasteiger partial charge in [-0.25, -0.2) is 4.79 Å². The Kier molecular flexibility index (Phi) is 7.01. The van der Waals surface area contributed by atoms with Crippen molar-refractivity contribution < 1.29 is 14.7 Å². The Morgan fingerprint density at radius 2 is 1.85 bits per heavy atom. The Bertz CT molecular complexity index is 1190. The van der Waals surface area contributed by atoms with Gasteiger partial charge in [-0.2, -0.15) is 9.78 Å². The summed E-state index contributed by atoms with van der Waals surface area (Å²) < 4.78 is 1.45. The zero-order valence-corrected chi connectivity index (χ0v) is 20.0. The van der Waals surface area contributed by atoms with Crippen LogP contribution >= 0.6 is 0 Å². The van der Waals surface area contributed by atoms with E-state index in [1.54, 1.807) is 12.1 Å². The van der Waals surface area contributed by atoms with Crippen molar-refractivity contribution in [2.24, 2.45) is 5.92 Å². The Labute approximate surface area is 200 Å². The largest absolute Gasteiger partial charge is 0.507 e. The number of benzene rings is 2. The molecule has 0 saturated heterocycles. The highest BCUT2D eigenvalue weighted by atomic mass is 16.3. The molecule has 178 valence electrons. The Morgan fingerprint density at radius 1 is 1.12 bits per heavy atom. The predicted octanol–water partition coefficient (Wildman–Crippen LogP) is 5.57. The maximum atomic E-state index is 13.2. The third-order valence-electron chi connectivity index (χ3n) is 6.46. The van der Waals surface area contributed by atoms with Gasteiger partial charge in [0.15, 0.2) is 0 Å². The van der Waals surface area contributed by atoms with Crippen molar-refractivity contribution in [1.82, 2.24) is 15.1 Å². The SMILES string of the molecule is Cc1ccccc1CNC(=O)n1nc(-c2cc(NC(=O)C(C)C)ccc2O)cc1C1CCCC1. The predicted molar refractivity (Wildman–Crippen MR) is 133 cm³/mol. The van der Waals surface area contributed by atoms with E-state index in [0.29, 0.717) is 23.5 Å². The van der Waals surface area contributed by atoms with Crippen LogP contribution in [0.25, 0.3) is 11.3 Å². The highest BCUT2D eigenvalue weighted by Gasteiger charge is 2.26. The van der Waals surface area contributed by atoms with E-state index in [2.05, 4.69) is 15.7 Å². The van der Waals surface area contributed by atoms with Crippen LogP contribution in [0.3, 0.4) is 0 Å². The average molecular weight is 461 g/mol. The summed E-state index contributed by atoms with van der Waals surface area (Å²) in [6.45, 7) is 6.07. The molecule has 1 aliphatic carbocycles. The van der Waals surface area contributed by atoms with Crippen molar-refractivity contribution in [2.75, 3.05) is 5.32 Å². The lowest BCUT2D eigenvalue weighted by molar-refractivity contribution is -0.118. The summed E-state index contributed by atoms with van der Waals surface area (Å²) in [6.07, 6.45) is 4.26. The molecule has 1 heterocycles. The number of carbonyl (C=O) groups excluding carboxylic acids is 2. The van der Waals surface area contributed by atoms with Gasteiger partial charge in [0.1, 0.15) is 5.75 Å². The first-order chi connectivity index (χ1) is 16.3. The van der Waals surface area contributed by atoms with Crippen LogP contribution in [0.1, 0.15) is 62.3 Å². The number of hydrogen-bond donors (Lipinski definition) is 3. The Balaban J connectivity index is 1.64. The number of phenolic OH excluding ortho intramolecular Hbond substituents is 1. The molecule has 0 atom stereocenters. The van der Waals surface area contributed by atoms with Crippen LogP contribution in [-0.4, -0.2) is 26.8 Å². The number of aromatic hydroxyl groups is 1. The number of nitrogens with zero attached hydrogens (tertiary/aromatic N) is 2. The molecule has 34 heavy (non-hydrogen) atoms. The lowest BCUT2D eigenvalue weighted by Gasteiger charge is -2.13. The molecule has 7 nitrogen and oxygen atoms in total. The van der Waals surface area contributed by atoms with Gasteiger partial charge in [-0.1, -0.05) is 51.0 Å². The van der Waals surface area contributed by atoms with E-state index >= 15 is 0 Å². The van der Waals surface area contributed by atoms with E-state index in [9.17, 15) is 14.7 Å². The number of carbonyl (C=O) groups is 2. The van der Waals surface area contributed by atoms with Crippen LogP contribution in [0.5, 0.6) is 5.75 Å². The van der Waals surface area contributed by atoms with E-state index < -0.39 is 0 Å². The van der Waals surface area contributed by atoms with Gasteiger partial charge in [-0.15, -0.1) is 0 Å². The highest BCUT2D eigenvalue weighted by Crippen LogP contribution is 2.38. The summed E-state index contributed by atoms with van der Waals surface area (Å²) in [5.41, 5.74) is 4.58. The molecule has 1 fully saturated rings. The molecule has 3 aromatic rings. The summed E-state index contributed by atoms with van der Waals surface area (Å²) in [4.78, 5) is 25.3. The van der Waals surface area contributed by atoms with Gasteiger partial charge in [-0.05, 0) is 55.2 Å². The third kappa shape index (κ3) is 5.14. The molecular formula is C27H32N4O3. The minimum atomic E-state index is -0.292. The van der Waals surface area contributed by atoms with Crippen molar-refractivity contribution in [3.05, 3.63) is 65.4 Å². The number of rotatable bonds is 6. The van der Waals surface area contributed by atoms with E-state index in [0.717, 1.165) is 42.5 Å². The molecule has 4 rings (SSSR count). The second-order valence-corrected chi connectivity index (χ2v) is 9.31. The molecule has 0 aliphatic heterocycles. The molecule has 0 unspecified atom stereocenters. The molecule has 0 radical (unpaired) electrons. The summed E-state index contributed by atoms with van der Waals surface area (Å²) in [5, 5.41) is 21.0. The van der Waals surface area contributed by atoms with Gasteiger partial charge in [0.2, 0.25) is 5.91 Å². The van der Waals surface area contributed by atoms with E-state index in [1.165, 1.54) is 10.7 Å². The third-order valence-corrected chi connectivity index (χ3v) is 6.46. The van der Waals surface area contributed by atoms with Gasteiger partial charge < -0.3 is 15.7 Å². The van der Waals surface area contributed by atoms with Crippen molar-refractivity contribution in [1.29, 1.82) is 0 Å². The highest BCUT2D eigenvalue weighted by molar-refractivity contribution is 5.93. The maximum Gasteiger partial charge on any atom is 0.342 e. The second-order valence-electron chi connectivity index (χ2n) is 9.31. The molecule has 7 heteroatoms. The number of hydrogen-bond acceptors (Lipinski definition) is 4. The van der Waals surface area contributed by atoms with E-state index in [4.69, 9.17) is 0 Å². The first-order valence-corrected chi connectivity index (χ1v) is 11.9. The van der Waals surface area contributed by atoms with Crippen LogP contribution in [0.2, 0.25) is 0 Å². The van der Waals surface area contributed by atoms with Crippen LogP contribution in [0, 0.1) is 12.8 Å². The minimum absolute atomic E-state index is 0.0467. The summed E-state index contributed by atoms with van der Waals surface area (Å²) >= 11 is 0. The monoisotopic (exact) mass is 460 g/mol. The molecule has 1 aromatic heterocycles. The molecule has 2 aromatic carbocycles. The summed E-state index contributed by atoms with van der Waals surface area (Å²) in [6, 6.07) is 14.4. The number of amides is 2. The van der Waals surface area contributed by atoms with Gasteiger partial charge in [0, 0.05) is 29.6 Å². The lowest BCUT2D eigenvalue weighted by Crippen LogP contribution is -2.31. The maximum absolute atomic E-state index is 13.2. The van der Waals surface area contributed by atoms with Crippen LogP contribution in [-0.2, 0) is 11.3 Å². The van der Waals surface area contributed by atoms with Crippen molar-refractivity contribution in [3.63, 3.8) is 0 Å². The zero-order valence-electron chi connectivity index (χ0n) is 20.0. The Hall–Kier alpha value is -3.61. The molecular weight excluding hydrogens is 428 g/mol. The fourth-order valence-corrected chi connectivity index (χ4v) is 4.36. The molecule has 2 amide bonds. The number of nitrogens with one attached hydrogen (secondary N) is 2. The lowest BCUT2D eigenvalue weighted by atomic mass is 10.0. The van der Waals surface area contributed by atoms with Crippen molar-refractivity contribution >= 4 is 17.6 Å². The first kappa shape index (κ1) is 23.5. The first-order valence-electron chi connectivity index (χ1n) is 11.9. The summed E-state index contributed by atoms with van der Waals surface area (Å²) in [7, 11) is 0. The van der Waals surface area contributed by atoms with Crippen LogP contribution in [0.15, 0.2) is 48.5 Å². The fourth-order valence-electron chi connectivity index (χ4n) is 4.36. The van der Waals surface area contributed by atoms with Gasteiger partial charge in [0.05, 0.1) is 11.4 Å². The van der Waals surface area contributed by atoms with Gasteiger partial charge >= 0.3 is 6.03 Å². The normalized spacial score (nSPS) is 13.9. The van der Waals surface area contributed by atoms with Crippen molar-refractivity contribution in [2.45, 2.75) is 58.9 Å². The smallest absolute Gasteiger partial charge is 0.342 e.